The highest BCUT2D eigenvalue weighted by atomic mass is 35.5. The summed E-state index contributed by atoms with van der Waals surface area (Å²) >= 11 is 12.2. The highest BCUT2D eigenvalue weighted by Crippen LogP contribution is 2.30. The zero-order valence-electron chi connectivity index (χ0n) is 15.4. The number of nitrogens with zero attached hydrogens (tertiary/aromatic N) is 2. The van der Waals surface area contributed by atoms with E-state index in [2.05, 4.69) is 0 Å². The van der Waals surface area contributed by atoms with E-state index in [4.69, 9.17) is 28.2 Å². The first-order valence-electron chi connectivity index (χ1n) is 8.73. The van der Waals surface area contributed by atoms with Gasteiger partial charge in [-0.05, 0) is 60.7 Å². The molecule has 0 amide bonds. The van der Waals surface area contributed by atoms with Crippen molar-refractivity contribution < 1.29 is 8.42 Å². The van der Waals surface area contributed by atoms with Crippen LogP contribution in [0.15, 0.2) is 83.9 Å². The van der Waals surface area contributed by atoms with Crippen LogP contribution in [-0.2, 0) is 9.84 Å². The molecular weight excluding hydrogens is 427 g/mol. The number of imidazole rings is 1. The van der Waals surface area contributed by atoms with Gasteiger partial charge in [0, 0.05) is 39.3 Å². The van der Waals surface area contributed by atoms with Gasteiger partial charge in [-0.1, -0.05) is 35.3 Å². The molecule has 0 radical (unpaired) electrons. The zero-order valence-corrected chi connectivity index (χ0v) is 17.7. The zero-order chi connectivity index (χ0) is 20.6. The second-order valence-electron chi connectivity index (χ2n) is 6.60. The van der Waals surface area contributed by atoms with Gasteiger partial charge >= 0.3 is 0 Å². The fourth-order valence-corrected chi connectivity index (χ4v) is 3.97. The molecule has 4 rings (SSSR count). The second-order valence-corrected chi connectivity index (χ2v) is 9.49. The number of sulfone groups is 1. The van der Waals surface area contributed by atoms with E-state index in [1.165, 1.54) is 6.26 Å². The van der Waals surface area contributed by atoms with Crippen molar-refractivity contribution in [1.82, 2.24) is 9.55 Å². The topological polar surface area (TPSA) is 52.0 Å². The van der Waals surface area contributed by atoms with E-state index in [1.54, 1.807) is 24.3 Å². The quantitative estimate of drug-likeness (QED) is 0.394. The Bertz CT molecular complexity index is 1280. The predicted molar refractivity (Wildman–Crippen MR) is 118 cm³/mol. The maximum absolute atomic E-state index is 11.8. The van der Waals surface area contributed by atoms with E-state index in [1.807, 2.05) is 59.3 Å². The van der Waals surface area contributed by atoms with Crippen molar-refractivity contribution in [1.29, 1.82) is 0 Å². The molecular formula is C22H16Cl2N2O2S. The molecule has 0 N–H and O–H groups in total. The highest BCUT2D eigenvalue weighted by Gasteiger charge is 2.15. The standard InChI is InChI=1S/C22H16Cl2N2O2S/c1-29(27,28)20-11-5-15(6-12-20)22-25-21(16-3-2-4-18(24)13-16)14-26(22)19-9-7-17(23)8-10-19/h2-14H,1H3. The van der Waals surface area contributed by atoms with Crippen LogP contribution in [0.25, 0.3) is 28.3 Å². The van der Waals surface area contributed by atoms with Crippen molar-refractivity contribution >= 4 is 33.0 Å². The van der Waals surface area contributed by atoms with Crippen LogP contribution in [0.2, 0.25) is 10.0 Å². The average molecular weight is 443 g/mol. The smallest absolute Gasteiger partial charge is 0.175 e. The van der Waals surface area contributed by atoms with Crippen LogP contribution in [0.4, 0.5) is 0 Å². The minimum Gasteiger partial charge on any atom is -0.299 e. The van der Waals surface area contributed by atoms with Gasteiger partial charge in [-0.3, -0.25) is 4.57 Å². The first kappa shape index (κ1) is 19.7. The van der Waals surface area contributed by atoms with Crippen molar-refractivity contribution in [2.24, 2.45) is 0 Å². The number of hydrogen-bond acceptors (Lipinski definition) is 3. The van der Waals surface area contributed by atoms with E-state index in [0.717, 1.165) is 22.5 Å². The normalized spacial score (nSPS) is 11.6. The molecule has 7 heteroatoms. The van der Waals surface area contributed by atoms with Gasteiger partial charge in [0.25, 0.3) is 0 Å². The second kappa shape index (κ2) is 7.67. The minimum absolute atomic E-state index is 0.265. The average Bonchev–Trinajstić information content (AvgIpc) is 3.13. The molecule has 0 spiro atoms. The Morgan fingerprint density at radius 2 is 1.52 bits per heavy atom. The molecule has 0 aliphatic heterocycles. The highest BCUT2D eigenvalue weighted by molar-refractivity contribution is 7.90. The first-order valence-corrected chi connectivity index (χ1v) is 11.4. The van der Waals surface area contributed by atoms with Crippen molar-refractivity contribution in [3.8, 4) is 28.3 Å². The number of halogens is 2. The molecule has 0 saturated heterocycles. The van der Waals surface area contributed by atoms with Crippen LogP contribution in [0.3, 0.4) is 0 Å². The Hall–Kier alpha value is -2.60. The van der Waals surface area contributed by atoms with Crippen molar-refractivity contribution in [3.63, 3.8) is 0 Å². The van der Waals surface area contributed by atoms with Crippen molar-refractivity contribution in [2.45, 2.75) is 4.90 Å². The Kier molecular flexibility index (Phi) is 5.21. The van der Waals surface area contributed by atoms with Crippen LogP contribution in [0.5, 0.6) is 0 Å². The fourth-order valence-electron chi connectivity index (χ4n) is 3.02. The summed E-state index contributed by atoms with van der Waals surface area (Å²) < 4.78 is 25.5. The van der Waals surface area contributed by atoms with E-state index in [0.29, 0.717) is 15.9 Å². The van der Waals surface area contributed by atoms with Crippen molar-refractivity contribution in [3.05, 3.63) is 89.0 Å². The molecule has 4 aromatic rings. The van der Waals surface area contributed by atoms with Gasteiger partial charge in [-0.25, -0.2) is 13.4 Å². The molecule has 0 unspecified atom stereocenters. The lowest BCUT2D eigenvalue weighted by Gasteiger charge is -2.08. The third kappa shape index (κ3) is 4.22. The van der Waals surface area contributed by atoms with Gasteiger partial charge in [0.05, 0.1) is 10.6 Å². The van der Waals surface area contributed by atoms with Crippen LogP contribution >= 0.6 is 23.2 Å². The number of benzene rings is 3. The van der Waals surface area contributed by atoms with E-state index in [9.17, 15) is 8.42 Å². The molecule has 1 heterocycles. The lowest BCUT2D eigenvalue weighted by molar-refractivity contribution is 0.602. The van der Waals surface area contributed by atoms with E-state index >= 15 is 0 Å². The number of rotatable bonds is 4. The van der Waals surface area contributed by atoms with Crippen LogP contribution in [0.1, 0.15) is 0 Å². The summed E-state index contributed by atoms with van der Waals surface area (Å²) in [5, 5.41) is 1.27. The van der Waals surface area contributed by atoms with Crippen molar-refractivity contribution in [2.75, 3.05) is 6.26 Å². The maximum atomic E-state index is 11.8. The van der Waals surface area contributed by atoms with E-state index in [-0.39, 0.29) is 4.90 Å². The molecule has 29 heavy (non-hydrogen) atoms. The molecule has 0 atom stereocenters. The molecule has 0 fully saturated rings. The molecule has 0 saturated carbocycles. The summed E-state index contributed by atoms with van der Waals surface area (Å²) in [4.78, 5) is 5.07. The summed E-state index contributed by atoms with van der Waals surface area (Å²) in [7, 11) is -3.27. The van der Waals surface area contributed by atoms with Crippen LogP contribution < -0.4 is 0 Å². The van der Waals surface area contributed by atoms with E-state index < -0.39 is 9.84 Å². The first-order chi connectivity index (χ1) is 13.8. The Morgan fingerprint density at radius 3 is 2.14 bits per heavy atom. The summed E-state index contributed by atoms with van der Waals surface area (Å²) in [5.41, 5.74) is 3.32. The Morgan fingerprint density at radius 1 is 0.828 bits per heavy atom. The fraction of sp³-hybridized carbons (Fsp3) is 0.0455. The summed E-state index contributed by atoms with van der Waals surface area (Å²) in [6.45, 7) is 0. The maximum Gasteiger partial charge on any atom is 0.175 e. The van der Waals surface area contributed by atoms with Gasteiger partial charge in [0.2, 0.25) is 0 Å². The monoisotopic (exact) mass is 442 g/mol. The summed E-state index contributed by atoms with van der Waals surface area (Å²) in [5.74, 6) is 0.683. The van der Waals surface area contributed by atoms with Crippen LogP contribution in [-0.4, -0.2) is 24.2 Å². The van der Waals surface area contributed by atoms with Gasteiger partial charge in [-0.15, -0.1) is 0 Å². The molecule has 1 aromatic heterocycles. The Balaban J connectivity index is 1.88. The van der Waals surface area contributed by atoms with Gasteiger partial charge in [0.15, 0.2) is 9.84 Å². The largest absolute Gasteiger partial charge is 0.299 e. The van der Waals surface area contributed by atoms with Crippen LogP contribution in [0, 0.1) is 0 Å². The SMILES string of the molecule is CS(=O)(=O)c1ccc(-c2nc(-c3cccc(Cl)c3)cn2-c2ccc(Cl)cc2)cc1. The summed E-state index contributed by atoms with van der Waals surface area (Å²) in [6.07, 6.45) is 3.11. The third-order valence-electron chi connectivity index (χ3n) is 4.47. The predicted octanol–water partition coefficient (Wildman–Crippen LogP) is 5.92. The molecule has 0 aliphatic carbocycles. The van der Waals surface area contributed by atoms with Gasteiger partial charge in [0.1, 0.15) is 5.82 Å². The molecule has 3 aromatic carbocycles. The molecule has 146 valence electrons. The molecule has 0 aliphatic rings. The summed E-state index contributed by atoms with van der Waals surface area (Å²) in [6, 6.07) is 21.6. The third-order valence-corrected chi connectivity index (χ3v) is 6.09. The van der Waals surface area contributed by atoms with Gasteiger partial charge in [-0.2, -0.15) is 0 Å². The lowest BCUT2D eigenvalue weighted by Crippen LogP contribution is -1.98. The molecule has 0 bridgehead atoms. The lowest BCUT2D eigenvalue weighted by atomic mass is 10.2. The minimum atomic E-state index is -3.27. The Labute approximate surface area is 179 Å². The number of hydrogen-bond donors (Lipinski definition) is 0. The molecule has 4 nitrogen and oxygen atoms in total. The van der Waals surface area contributed by atoms with Gasteiger partial charge < -0.3 is 0 Å². The number of aromatic nitrogens is 2.